The average molecular weight is 212 g/mol. The van der Waals surface area contributed by atoms with Gasteiger partial charge in [-0.25, -0.2) is 0 Å². The third-order valence-electron chi connectivity index (χ3n) is 2.16. The molecule has 3 heteroatoms. The van der Waals surface area contributed by atoms with E-state index in [1.165, 1.54) is 0 Å². The number of nitriles is 1. The van der Waals surface area contributed by atoms with Gasteiger partial charge in [0.05, 0.1) is 5.56 Å². The molecule has 0 atom stereocenters. The van der Waals surface area contributed by atoms with Crippen molar-refractivity contribution in [3.63, 3.8) is 0 Å². The van der Waals surface area contributed by atoms with Crippen molar-refractivity contribution in [1.29, 1.82) is 5.26 Å². The van der Waals surface area contributed by atoms with Crippen LogP contribution in [0.4, 0.5) is 0 Å². The molecule has 0 unspecified atom stereocenters. The Morgan fingerprint density at radius 3 is 2.53 bits per heavy atom. The summed E-state index contributed by atoms with van der Waals surface area (Å²) >= 11 is 5.06. The fourth-order valence-electron chi connectivity index (χ4n) is 1.45. The van der Waals surface area contributed by atoms with Crippen LogP contribution in [-0.2, 0) is 0 Å². The van der Waals surface area contributed by atoms with Crippen LogP contribution in [0.5, 0.6) is 0 Å². The molecule has 0 saturated heterocycles. The Hall–Kier alpha value is -1.92. The molecular formula is C12H8N2S. The smallest absolute Gasteiger partial charge is 0.121 e. The van der Waals surface area contributed by atoms with Crippen LogP contribution >= 0.6 is 12.2 Å². The minimum absolute atomic E-state index is 0.485. The van der Waals surface area contributed by atoms with E-state index in [2.05, 4.69) is 11.1 Å². The maximum absolute atomic E-state index is 9.02. The summed E-state index contributed by atoms with van der Waals surface area (Å²) in [4.78, 5) is 2.85. The van der Waals surface area contributed by atoms with Crippen LogP contribution in [-0.4, -0.2) is 4.98 Å². The third kappa shape index (κ3) is 1.80. The van der Waals surface area contributed by atoms with Crippen molar-refractivity contribution >= 4 is 12.2 Å². The Morgan fingerprint density at radius 2 is 1.87 bits per heavy atom. The molecule has 2 aromatic rings. The summed E-state index contributed by atoms with van der Waals surface area (Å²) in [5.41, 5.74) is 2.41. The van der Waals surface area contributed by atoms with Crippen molar-refractivity contribution in [2.24, 2.45) is 0 Å². The molecule has 0 saturated carbocycles. The first-order valence-corrected chi connectivity index (χ1v) is 4.91. The van der Waals surface area contributed by atoms with E-state index in [0.29, 0.717) is 10.2 Å². The first-order chi connectivity index (χ1) is 7.33. The molecule has 0 aliphatic heterocycles. The number of nitrogens with one attached hydrogen (secondary N) is 1. The van der Waals surface area contributed by atoms with Crippen LogP contribution in [0.3, 0.4) is 0 Å². The molecule has 0 aliphatic carbocycles. The fraction of sp³-hybridized carbons (Fsp3) is 0. The summed E-state index contributed by atoms with van der Waals surface area (Å²) in [6.07, 6.45) is 1.76. The highest BCUT2D eigenvalue weighted by Crippen LogP contribution is 2.22. The monoisotopic (exact) mass is 212 g/mol. The van der Waals surface area contributed by atoms with Gasteiger partial charge in [-0.15, -0.1) is 0 Å². The Balaban J connectivity index is 2.70. The van der Waals surface area contributed by atoms with Crippen LogP contribution in [0.15, 0.2) is 42.6 Å². The Bertz CT molecular complexity index is 564. The summed E-state index contributed by atoms with van der Waals surface area (Å²) < 4.78 is 0.485. The van der Waals surface area contributed by atoms with Gasteiger partial charge in [0.1, 0.15) is 10.7 Å². The number of benzene rings is 1. The van der Waals surface area contributed by atoms with Crippen LogP contribution in [0.1, 0.15) is 5.56 Å². The molecule has 1 heterocycles. The number of hydrogen-bond acceptors (Lipinski definition) is 2. The summed E-state index contributed by atoms with van der Waals surface area (Å²) in [5, 5.41) is 9.02. The van der Waals surface area contributed by atoms with E-state index in [0.717, 1.165) is 11.1 Å². The maximum Gasteiger partial charge on any atom is 0.121 e. The maximum atomic E-state index is 9.02. The highest BCUT2D eigenvalue weighted by molar-refractivity contribution is 7.71. The number of nitrogens with zero attached hydrogens (tertiary/aromatic N) is 1. The van der Waals surface area contributed by atoms with E-state index in [1.807, 2.05) is 36.4 Å². The molecule has 72 valence electrons. The van der Waals surface area contributed by atoms with Crippen LogP contribution < -0.4 is 0 Å². The standard InChI is InChI=1S/C12H8N2S/c13-8-11-10(6-7-14-12(11)15)9-4-2-1-3-5-9/h1-7H,(H,14,15). The Morgan fingerprint density at radius 1 is 1.13 bits per heavy atom. The predicted octanol–water partition coefficient (Wildman–Crippen LogP) is 3.28. The van der Waals surface area contributed by atoms with E-state index in [1.54, 1.807) is 6.20 Å². The van der Waals surface area contributed by atoms with Crippen molar-refractivity contribution in [1.82, 2.24) is 4.98 Å². The van der Waals surface area contributed by atoms with Gasteiger partial charge in [0.15, 0.2) is 0 Å². The van der Waals surface area contributed by atoms with Gasteiger partial charge in [-0.2, -0.15) is 5.26 Å². The highest BCUT2D eigenvalue weighted by atomic mass is 32.1. The second-order valence-electron chi connectivity index (χ2n) is 3.07. The SMILES string of the molecule is N#Cc1c(-c2ccccc2)cc[nH]c1=S. The minimum atomic E-state index is 0.485. The molecule has 2 nitrogen and oxygen atoms in total. The second kappa shape index (κ2) is 4.07. The lowest BCUT2D eigenvalue weighted by molar-refractivity contribution is 1.27. The summed E-state index contributed by atoms with van der Waals surface area (Å²) in [5.74, 6) is 0. The first kappa shape index (κ1) is 9.63. The summed E-state index contributed by atoms with van der Waals surface area (Å²) in [6, 6.07) is 13.7. The topological polar surface area (TPSA) is 39.6 Å². The number of rotatable bonds is 1. The first-order valence-electron chi connectivity index (χ1n) is 4.50. The van der Waals surface area contributed by atoms with Crippen molar-refractivity contribution in [3.05, 3.63) is 52.8 Å². The van der Waals surface area contributed by atoms with Crippen molar-refractivity contribution in [2.45, 2.75) is 0 Å². The quantitative estimate of drug-likeness (QED) is 0.737. The third-order valence-corrected chi connectivity index (χ3v) is 2.48. The predicted molar refractivity (Wildman–Crippen MR) is 61.8 cm³/mol. The van der Waals surface area contributed by atoms with Gasteiger partial charge < -0.3 is 4.98 Å². The molecule has 1 N–H and O–H groups in total. The zero-order valence-corrected chi connectivity index (χ0v) is 8.71. The molecule has 0 aliphatic rings. The van der Waals surface area contributed by atoms with Gasteiger partial charge in [0, 0.05) is 11.8 Å². The normalized spacial score (nSPS) is 9.53. The lowest BCUT2D eigenvalue weighted by Gasteiger charge is -2.03. The number of hydrogen-bond donors (Lipinski definition) is 1. The van der Waals surface area contributed by atoms with Gasteiger partial charge in [0.2, 0.25) is 0 Å². The van der Waals surface area contributed by atoms with Crippen LogP contribution in [0.25, 0.3) is 11.1 Å². The summed E-state index contributed by atoms with van der Waals surface area (Å²) in [6.45, 7) is 0. The number of aromatic nitrogens is 1. The van der Waals surface area contributed by atoms with E-state index in [4.69, 9.17) is 17.5 Å². The zero-order valence-electron chi connectivity index (χ0n) is 7.90. The lowest BCUT2D eigenvalue weighted by atomic mass is 10.0. The van der Waals surface area contributed by atoms with Gasteiger partial charge in [0.25, 0.3) is 0 Å². The molecule has 2 rings (SSSR count). The Kier molecular flexibility index (Phi) is 2.61. The second-order valence-corrected chi connectivity index (χ2v) is 3.48. The number of pyridine rings is 1. The molecule has 0 bridgehead atoms. The van der Waals surface area contributed by atoms with Crippen LogP contribution in [0, 0.1) is 16.0 Å². The minimum Gasteiger partial charge on any atom is -0.352 e. The molecule has 1 aromatic heterocycles. The lowest BCUT2D eigenvalue weighted by Crippen LogP contribution is -1.87. The molecule has 0 radical (unpaired) electrons. The van der Waals surface area contributed by atoms with E-state index in [9.17, 15) is 0 Å². The number of aromatic amines is 1. The molecule has 0 spiro atoms. The van der Waals surface area contributed by atoms with E-state index in [-0.39, 0.29) is 0 Å². The zero-order chi connectivity index (χ0) is 10.7. The number of H-pyrrole nitrogens is 1. The average Bonchev–Trinajstić information content (AvgIpc) is 2.30. The molecule has 15 heavy (non-hydrogen) atoms. The van der Waals surface area contributed by atoms with Gasteiger partial charge >= 0.3 is 0 Å². The van der Waals surface area contributed by atoms with Gasteiger partial charge in [-0.3, -0.25) is 0 Å². The van der Waals surface area contributed by atoms with Crippen molar-refractivity contribution in [3.8, 4) is 17.2 Å². The highest BCUT2D eigenvalue weighted by Gasteiger charge is 2.04. The van der Waals surface area contributed by atoms with Crippen molar-refractivity contribution < 1.29 is 0 Å². The molecule has 0 fully saturated rings. The van der Waals surface area contributed by atoms with E-state index < -0.39 is 0 Å². The van der Waals surface area contributed by atoms with Gasteiger partial charge in [-0.1, -0.05) is 42.5 Å². The molecule has 1 aromatic carbocycles. The molecular weight excluding hydrogens is 204 g/mol. The largest absolute Gasteiger partial charge is 0.352 e. The van der Waals surface area contributed by atoms with Crippen molar-refractivity contribution in [2.75, 3.05) is 0 Å². The fourth-order valence-corrected chi connectivity index (χ4v) is 1.67. The summed E-state index contributed by atoms with van der Waals surface area (Å²) in [7, 11) is 0. The Labute approximate surface area is 92.8 Å². The van der Waals surface area contributed by atoms with Gasteiger partial charge in [-0.05, 0) is 11.6 Å². The van der Waals surface area contributed by atoms with E-state index >= 15 is 0 Å². The molecule has 0 amide bonds. The van der Waals surface area contributed by atoms with Crippen LogP contribution in [0.2, 0.25) is 0 Å².